The maximum absolute atomic E-state index is 12.9. The van der Waals surface area contributed by atoms with Gasteiger partial charge in [0.05, 0.1) is 17.9 Å². The molecule has 0 spiro atoms. The normalized spacial score (nSPS) is 22.3. The summed E-state index contributed by atoms with van der Waals surface area (Å²) in [5, 5.41) is 13.0. The molecule has 1 aliphatic heterocycles. The average molecular weight is 337 g/mol. The lowest BCUT2D eigenvalue weighted by molar-refractivity contribution is -0.127. The summed E-state index contributed by atoms with van der Waals surface area (Å²) in [5.41, 5.74) is 6.45. The van der Waals surface area contributed by atoms with Crippen LogP contribution in [0.4, 0.5) is 4.79 Å². The van der Waals surface area contributed by atoms with E-state index in [9.17, 15) is 14.7 Å². The number of rotatable bonds is 3. The van der Waals surface area contributed by atoms with Gasteiger partial charge < -0.3 is 25.8 Å². The molecule has 0 aromatic rings. The maximum atomic E-state index is 12.9. The predicted molar refractivity (Wildman–Crippen MR) is 90.2 cm³/mol. The van der Waals surface area contributed by atoms with Crippen molar-refractivity contribution in [3.63, 3.8) is 0 Å². The summed E-state index contributed by atoms with van der Waals surface area (Å²) in [7, 11) is 0. The molecule has 1 atom stereocenters. The molecule has 1 heterocycles. The molecule has 0 aromatic heterocycles. The van der Waals surface area contributed by atoms with E-state index in [1.807, 2.05) is 0 Å². The van der Waals surface area contributed by atoms with Crippen LogP contribution >= 0.6 is 0 Å². The number of amides is 2. The molecule has 1 saturated heterocycles. The van der Waals surface area contributed by atoms with Crippen LogP contribution in [0.3, 0.4) is 0 Å². The molecule has 2 amide bonds. The Morgan fingerprint density at radius 3 is 2.96 bits per heavy atom. The van der Waals surface area contributed by atoms with E-state index in [-0.39, 0.29) is 23.4 Å². The molecule has 0 radical (unpaired) electrons. The number of hydrogen-bond acceptors (Lipinski definition) is 5. The second-order valence-electron chi connectivity index (χ2n) is 6.19. The Bertz CT molecular complexity index is 542. The number of aliphatic hydroxyl groups excluding tert-OH is 1. The fourth-order valence-electron chi connectivity index (χ4n) is 3.11. The second-order valence-corrected chi connectivity index (χ2v) is 6.19. The molecular weight excluding hydrogens is 310 g/mol. The number of carbonyl (C=O) groups excluding carboxylic acids is 2. The van der Waals surface area contributed by atoms with Crippen molar-refractivity contribution in [1.29, 1.82) is 0 Å². The smallest absolute Gasteiger partial charge is 0.407 e. The summed E-state index contributed by atoms with van der Waals surface area (Å²) < 4.78 is 4.92. The zero-order chi connectivity index (χ0) is 17.5. The van der Waals surface area contributed by atoms with Crippen LogP contribution in [-0.2, 0) is 9.53 Å². The molecule has 1 aliphatic carbocycles. The van der Waals surface area contributed by atoms with Crippen LogP contribution in [-0.4, -0.2) is 47.7 Å². The standard InChI is InChI=1S/C17H27N3O4/c1-2-24-17(23)19-12-7-5-6-10-20(11-12)16(22)13-8-3-4-9-14(18)15(13)21/h9,12,21H,2-8,10-11,18H2,1H3,(H,19,23). The monoisotopic (exact) mass is 337 g/mol. The van der Waals surface area contributed by atoms with Gasteiger partial charge in [-0.15, -0.1) is 0 Å². The first-order valence-electron chi connectivity index (χ1n) is 8.63. The summed E-state index contributed by atoms with van der Waals surface area (Å²) in [6.45, 7) is 3.09. The molecule has 24 heavy (non-hydrogen) atoms. The highest BCUT2D eigenvalue weighted by Gasteiger charge is 2.28. The molecule has 7 heteroatoms. The van der Waals surface area contributed by atoms with Crippen LogP contribution in [0, 0.1) is 0 Å². The van der Waals surface area contributed by atoms with Crippen molar-refractivity contribution in [1.82, 2.24) is 10.2 Å². The fraction of sp³-hybridized carbons (Fsp3) is 0.647. The van der Waals surface area contributed by atoms with E-state index in [1.165, 1.54) is 0 Å². The SMILES string of the molecule is CCOC(=O)NC1CCCCN(C(=O)C2=C(O)C(N)=CCCC2)C1. The predicted octanol–water partition coefficient (Wildman–Crippen LogP) is 1.95. The number of hydrogen-bond donors (Lipinski definition) is 3. The van der Waals surface area contributed by atoms with Crippen molar-refractivity contribution in [3.8, 4) is 0 Å². The molecule has 0 bridgehead atoms. The summed E-state index contributed by atoms with van der Waals surface area (Å²) in [6, 6.07) is -0.142. The topological polar surface area (TPSA) is 105 Å². The molecule has 0 saturated carbocycles. The van der Waals surface area contributed by atoms with Crippen molar-refractivity contribution >= 4 is 12.0 Å². The van der Waals surface area contributed by atoms with Crippen LogP contribution in [0.15, 0.2) is 23.1 Å². The molecule has 2 rings (SSSR count). The van der Waals surface area contributed by atoms with Crippen LogP contribution in [0.25, 0.3) is 0 Å². The van der Waals surface area contributed by atoms with Crippen molar-refractivity contribution in [3.05, 3.63) is 23.1 Å². The molecule has 134 valence electrons. The Kier molecular flexibility index (Phi) is 6.52. The second kappa shape index (κ2) is 8.61. The number of likely N-dealkylation sites (tertiary alicyclic amines) is 1. The van der Waals surface area contributed by atoms with E-state index in [1.54, 1.807) is 17.9 Å². The van der Waals surface area contributed by atoms with Crippen molar-refractivity contribution in [2.75, 3.05) is 19.7 Å². The van der Waals surface area contributed by atoms with Gasteiger partial charge in [0.25, 0.3) is 5.91 Å². The summed E-state index contributed by atoms with van der Waals surface area (Å²) in [6.07, 6.45) is 5.93. The Hall–Kier alpha value is -2.18. The van der Waals surface area contributed by atoms with Crippen molar-refractivity contribution < 1.29 is 19.4 Å². The van der Waals surface area contributed by atoms with Gasteiger partial charge in [-0.05, 0) is 45.4 Å². The summed E-state index contributed by atoms with van der Waals surface area (Å²) >= 11 is 0. The lowest BCUT2D eigenvalue weighted by Crippen LogP contribution is -2.45. The third-order valence-electron chi connectivity index (χ3n) is 4.37. The van der Waals surface area contributed by atoms with Gasteiger partial charge in [-0.25, -0.2) is 4.79 Å². The Labute approximate surface area is 142 Å². The average Bonchev–Trinajstić information content (AvgIpc) is 2.87. The largest absolute Gasteiger partial charge is 0.505 e. The molecule has 4 N–H and O–H groups in total. The van der Waals surface area contributed by atoms with Gasteiger partial charge in [0.2, 0.25) is 0 Å². The number of ether oxygens (including phenoxy) is 1. The maximum Gasteiger partial charge on any atom is 0.407 e. The van der Waals surface area contributed by atoms with Gasteiger partial charge in [-0.2, -0.15) is 0 Å². The van der Waals surface area contributed by atoms with Crippen LogP contribution in [0.5, 0.6) is 0 Å². The first-order chi connectivity index (χ1) is 11.5. The van der Waals surface area contributed by atoms with Crippen molar-refractivity contribution in [2.45, 2.75) is 51.5 Å². The van der Waals surface area contributed by atoms with E-state index in [4.69, 9.17) is 10.5 Å². The highest BCUT2D eigenvalue weighted by atomic mass is 16.5. The summed E-state index contributed by atoms with van der Waals surface area (Å²) in [5.74, 6) is -0.292. The van der Waals surface area contributed by atoms with Gasteiger partial charge in [-0.1, -0.05) is 6.08 Å². The number of allylic oxidation sites excluding steroid dienone is 1. The summed E-state index contributed by atoms with van der Waals surface area (Å²) in [4.78, 5) is 26.2. The minimum atomic E-state index is -0.458. The zero-order valence-electron chi connectivity index (χ0n) is 14.2. The van der Waals surface area contributed by atoms with E-state index < -0.39 is 6.09 Å². The van der Waals surface area contributed by atoms with Gasteiger partial charge in [0.1, 0.15) is 5.76 Å². The lowest BCUT2D eigenvalue weighted by Gasteiger charge is -2.26. The minimum absolute atomic E-state index is 0.100. The van der Waals surface area contributed by atoms with Crippen LogP contribution in [0.1, 0.15) is 45.4 Å². The number of alkyl carbamates (subject to hydrolysis) is 1. The first-order valence-corrected chi connectivity index (χ1v) is 8.63. The highest BCUT2D eigenvalue weighted by Crippen LogP contribution is 2.23. The van der Waals surface area contributed by atoms with Gasteiger partial charge >= 0.3 is 6.09 Å². The number of aliphatic hydroxyl groups is 1. The van der Waals surface area contributed by atoms with Gasteiger partial charge in [-0.3, -0.25) is 4.79 Å². The van der Waals surface area contributed by atoms with Crippen LogP contribution in [0.2, 0.25) is 0 Å². The van der Waals surface area contributed by atoms with E-state index in [2.05, 4.69) is 5.32 Å². The van der Waals surface area contributed by atoms with E-state index in [0.717, 1.165) is 32.1 Å². The van der Waals surface area contributed by atoms with E-state index >= 15 is 0 Å². The number of nitrogens with two attached hydrogens (primary N) is 1. The molecule has 1 unspecified atom stereocenters. The number of carbonyl (C=O) groups is 2. The molecule has 1 fully saturated rings. The Morgan fingerprint density at radius 2 is 2.21 bits per heavy atom. The number of nitrogens with one attached hydrogen (secondary N) is 1. The van der Waals surface area contributed by atoms with Gasteiger partial charge in [0, 0.05) is 19.1 Å². The highest BCUT2D eigenvalue weighted by molar-refractivity contribution is 5.94. The molecular formula is C17H27N3O4. The number of nitrogens with zero attached hydrogens (tertiary/aromatic N) is 1. The van der Waals surface area contributed by atoms with Crippen molar-refractivity contribution in [2.24, 2.45) is 5.73 Å². The Morgan fingerprint density at radius 1 is 1.42 bits per heavy atom. The molecule has 7 nitrogen and oxygen atoms in total. The zero-order valence-corrected chi connectivity index (χ0v) is 14.2. The molecule has 2 aliphatic rings. The first kappa shape index (κ1) is 18.2. The third kappa shape index (κ3) is 4.66. The fourth-order valence-corrected chi connectivity index (χ4v) is 3.11. The van der Waals surface area contributed by atoms with Crippen LogP contribution < -0.4 is 11.1 Å². The van der Waals surface area contributed by atoms with Gasteiger partial charge in [0.15, 0.2) is 0 Å². The quantitative estimate of drug-likeness (QED) is 0.730. The lowest BCUT2D eigenvalue weighted by atomic mass is 10.1. The van der Waals surface area contributed by atoms with E-state index in [0.29, 0.717) is 31.7 Å². The Balaban J connectivity index is 2.08. The minimum Gasteiger partial charge on any atom is -0.505 e. The third-order valence-corrected chi connectivity index (χ3v) is 4.37. The molecule has 0 aromatic carbocycles.